The van der Waals surface area contributed by atoms with Gasteiger partial charge in [0.05, 0.1) is 0 Å². The van der Waals surface area contributed by atoms with Crippen molar-refractivity contribution < 1.29 is 4.79 Å². The highest BCUT2D eigenvalue weighted by Gasteiger charge is 1.98. The fourth-order valence-corrected chi connectivity index (χ4v) is 1.64. The Morgan fingerprint density at radius 3 is 2.50 bits per heavy atom. The lowest BCUT2D eigenvalue weighted by atomic mass is 10.2. The highest BCUT2D eigenvalue weighted by Crippen LogP contribution is 2.14. The molecule has 0 fully saturated rings. The van der Waals surface area contributed by atoms with E-state index in [1.807, 2.05) is 25.3 Å². The maximum absolute atomic E-state index is 11.3. The number of nitrogens with one attached hydrogen (secondary N) is 2. The number of rotatable bonds is 5. The zero-order valence-corrected chi connectivity index (χ0v) is 10.6. The molecule has 2 N–H and O–H groups in total. The van der Waals surface area contributed by atoms with Crippen LogP contribution in [0.3, 0.4) is 0 Å². The molecule has 0 aliphatic heterocycles. The summed E-state index contributed by atoms with van der Waals surface area (Å²) in [4.78, 5) is 12.5. The largest absolute Gasteiger partial charge is 0.338 e. The summed E-state index contributed by atoms with van der Waals surface area (Å²) < 4.78 is 0. The van der Waals surface area contributed by atoms with Gasteiger partial charge in [-0.3, -0.25) is 0 Å². The van der Waals surface area contributed by atoms with Crippen LogP contribution in [0.25, 0.3) is 0 Å². The third-order valence-corrected chi connectivity index (χ3v) is 2.89. The molecule has 0 saturated heterocycles. The topological polar surface area (TPSA) is 41.1 Å². The number of amides is 2. The molecule has 16 heavy (non-hydrogen) atoms. The summed E-state index contributed by atoms with van der Waals surface area (Å²) in [5, 5.41) is 5.59. The van der Waals surface area contributed by atoms with Crippen LogP contribution in [0.1, 0.15) is 18.9 Å². The summed E-state index contributed by atoms with van der Waals surface area (Å²) in [7, 11) is 0. The molecule has 0 aliphatic carbocycles. The Morgan fingerprint density at radius 2 is 1.94 bits per heavy atom. The molecule has 88 valence electrons. The molecule has 1 aromatic rings. The molecule has 2 amide bonds. The van der Waals surface area contributed by atoms with Crippen molar-refractivity contribution >= 4 is 17.8 Å². The minimum Gasteiger partial charge on any atom is -0.338 e. The number of hydrogen-bond acceptors (Lipinski definition) is 2. The van der Waals surface area contributed by atoms with E-state index in [2.05, 4.69) is 22.8 Å². The molecule has 0 aromatic heterocycles. The standard InChI is InChI=1S/C12H18N2OS/c1-3-8-13-12(15)14-9-10-4-6-11(16-2)7-5-10/h4-7H,3,8-9H2,1-2H3,(H2,13,14,15). The molecule has 0 heterocycles. The second-order valence-electron chi connectivity index (χ2n) is 3.46. The first kappa shape index (κ1) is 12.9. The van der Waals surface area contributed by atoms with Crippen molar-refractivity contribution in [3.05, 3.63) is 29.8 Å². The number of carbonyl (C=O) groups is 1. The van der Waals surface area contributed by atoms with Gasteiger partial charge >= 0.3 is 6.03 Å². The van der Waals surface area contributed by atoms with Crippen LogP contribution in [0, 0.1) is 0 Å². The van der Waals surface area contributed by atoms with Crippen molar-refractivity contribution in [3.8, 4) is 0 Å². The summed E-state index contributed by atoms with van der Waals surface area (Å²) in [5.41, 5.74) is 1.12. The average Bonchev–Trinajstić information content (AvgIpc) is 2.34. The van der Waals surface area contributed by atoms with Crippen molar-refractivity contribution in [2.24, 2.45) is 0 Å². The van der Waals surface area contributed by atoms with Gasteiger partial charge in [0.1, 0.15) is 0 Å². The fraction of sp³-hybridized carbons (Fsp3) is 0.417. The molecular weight excluding hydrogens is 220 g/mol. The minimum atomic E-state index is -0.101. The van der Waals surface area contributed by atoms with Gasteiger partial charge in [-0.25, -0.2) is 4.79 Å². The summed E-state index contributed by atoms with van der Waals surface area (Å²) in [6.07, 6.45) is 3.00. The number of benzene rings is 1. The van der Waals surface area contributed by atoms with E-state index in [1.165, 1.54) is 4.90 Å². The zero-order valence-electron chi connectivity index (χ0n) is 9.75. The Labute approximate surface area is 101 Å². The summed E-state index contributed by atoms with van der Waals surface area (Å²) in [6.45, 7) is 3.32. The zero-order chi connectivity index (χ0) is 11.8. The Morgan fingerprint density at radius 1 is 1.25 bits per heavy atom. The summed E-state index contributed by atoms with van der Waals surface area (Å²) in [5.74, 6) is 0. The van der Waals surface area contributed by atoms with Gasteiger partial charge in [-0.15, -0.1) is 11.8 Å². The molecule has 0 atom stereocenters. The van der Waals surface area contributed by atoms with E-state index >= 15 is 0 Å². The van der Waals surface area contributed by atoms with Crippen LogP contribution in [-0.4, -0.2) is 18.8 Å². The highest BCUT2D eigenvalue weighted by molar-refractivity contribution is 7.98. The average molecular weight is 238 g/mol. The Kier molecular flexibility index (Phi) is 5.78. The van der Waals surface area contributed by atoms with Gasteiger partial charge in [0.15, 0.2) is 0 Å². The van der Waals surface area contributed by atoms with E-state index in [-0.39, 0.29) is 6.03 Å². The Bertz CT molecular complexity index is 324. The van der Waals surface area contributed by atoms with Gasteiger partial charge in [-0.05, 0) is 30.4 Å². The van der Waals surface area contributed by atoms with E-state index < -0.39 is 0 Å². The predicted octanol–water partition coefficient (Wildman–Crippen LogP) is 2.62. The third kappa shape index (κ3) is 4.57. The van der Waals surface area contributed by atoms with Crippen molar-refractivity contribution in [2.45, 2.75) is 24.8 Å². The summed E-state index contributed by atoms with van der Waals surface area (Å²) in [6, 6.07) is 8.09. The first-order valence-corrected chi connectivity index (χ1v) is 6.63. The number of urea groups is 1. The van der Waals surface area contributed by atoms with Crippen LogP contribution < -0.4 is 10.6 Å². The predicted molar refractivity (Wildman–Crippen MR) is 68.8 cm³/mol. The molecule has 3 nitrogen and oxygen atoms in total. The lowest BCUT2D eigenvalue weighted by Crippen LogP contribution is -2.35. The Balaban J connectivity index is 2.33. The van der Waals surface area contributed by atoms with Crippen LogP contribution in [0.5, 0.6) is 0 Å². The normalized spacial score (nSPS) is 9.88. The van der Waals surface area contributed by atoms with Crippen molar-refractivity contribution in [1.29, 1.82) is 0 Å². The number of carbonyl (C=O) groups excluding carboxylic acids is 1. The van der Waals surface area contributed by atoms with Crippen molar-refractivity contribution in [3.63, 3.8) is 0 Å². The van der Waals surface area contributed by atoms with Gasteiger partial charge < -0.3 is 10.6 Å². The van der Waals surface area contributed by atoms with E-state index in [0.29, 0.717) is 6.54 Å². The monoisotopic (exact) mass is 238 g/mol. The van der Waals surface area contributed by atoms with Crippen LogP contribution >= 0.6 is 11.8 Å². The molecule has 0 bridgehead atoms. The molecule has 1 aromatic carbocycles. The van der Waals surface area contributed by atoms with E-state index in [9.17, 15) is 4.79 Å². The van der Waals surface area contributed by atoms with Gasteiger partial charge in [0.2, 0.25) is 0 Å². The Hall–Kier alpha value is -1.16. The van der Waals surface area contributed by atoms with E-state index in [0.717, 1.165) is 18.5 Å². The molecular formula is C12H18N2OS. The number of thioether (sulfide) groups is 1. The van der Waals surface area contributed by atoms with E-state index in [4.69, 9.17) is 0 Å². The highest BCUT2D eigenvalue weighted by atomic mass is 32.2. The van der Waals surface area contributed by atoms with Gasteiger partial charge in [-0.1, -0.05) is 19.1 Å². The SMILES string of the molecule is CCCNC(=O)NCc1ccc(SC)cc1. The molecule has 0 aliphatic rings. The lowest BCUT2D eigenvalue weighted by molar-refractivity contribution is 0.240. The third-order valence-electron chi connectivity index (χ3n) is 2.15. The molecule has 1 rings (SSSR count). The van der Waals surface area contributed by atoms with Crippen LogP contribution in [-0.2, 0) is 6.54 Å². The fourth-order valence-electron chi connectivity index (χ4n) is 1.23. The van der Waals surface area contributed by atoms with Crippen LogP contribution in [0.15, 0.2) is 29.2 Å². The number of hydrogen-bond donors (Lipinski definition) is 2. The lowest BCUT2D eigenvalue weighted by Gasteiger charge is -2.07. The van der Waals surface area contributed by atoms with E-state index in [1.54, 1.807) is 11.8 Å². The first-order valence-electron chi connectivity index (χ1n) is 5.41. The second kappa shape index (κ2) is 7.17. The quantitative estimate of drug-likeness (QED) is 0.774. The minimum absolute atomic E-state index is 0.101. The molecule has 4 heteroatoms. The molecule has 0 spiro atoms. The molecule has 0 radical (unpaired) electrons. The van der Waals surface area contributed by atoms with Gasteiger partial charge in [0, 0.05) is 18.0 Å². The first-order chi connectivity index (χ1) is 7.76. The molecule has 0 unspecified atom stereocenters. The van der Waals surface area contributed by atoms with Crippen LogP contribution in [0.2, 0.25) is 0 Å². The molecule has 0 saturated carbocycles. The maximum atomic E-state index is 11.3. The van der Waals surface area contributed by atoms with Gasteiger partial charge in [-0.2, -0.15) is 0 Å². The maximum Gasteiger partial charge on any atom is 0.315 e. The summed E-state index contributed by atoms with van der Waals surface area (Å²) >= 11 is 1.71. The second-order valence-corrected chi connectivity index (χ2v) is 4.34. The van der Waals surface area contributed by atoms with Gasteiger partial charge in [0.25, 0.3) is 0 Å². The van der Waals surface area contributed by atoms with Crippen molar-refractivity contribution in [1.82, 2.24) is 10.6 Å². The smallest absolute Gasteiger partial charge is 0.315 e. The van der Waals surface area contributed by atoms with Crippen molar-refractivity contribution in [2.75, 3.05) is 12.8 Å². The van der Waals surface area contributed by atoms with Crippen LogP contribution in [0.4, 0.5) is 4.79 Å².